The number of thioether (sulfide) groups is 1. The van der Waals surface area contributed by atoms with Crippen molar-refractivity contribution in [3.63, 3.8) is 0 Å². The van der Waals surface area contributed by atoms with E-state index < -0.39 is 0 Å². The van der Waals surface area contributed by atoms with Crippen LogP contribution in [-0.2, 0) is 0 Å². The monoisotopic (exact) mass is 274 g/mol. The number of nitrogens with zero attached hydrogens (tertiary/aromatic N) is 2. The number of alkyl halides is 1. The summed E-state index contributed by atoms with van der Waals surface area (Å²) in [6.45, 7) is 4.50. The zero-order chi connectivity index (χ0) is 10.4. The molecule has 0 aromatic carbocycles. The van der Waals surface area contributed by atoms with Gasteiger partial charge in [0.15, 0.2) is 5.16 Å². The van der Waals surface area contributed by atoms with E-state index in [4.69, 9.17) is 0 Å². The van der Waals surface area contributed by atoms with Crippen LogP contribution in [0.5, 0.6) is 0 Å². The van der Waals surface area contributed by atoms with Gasteiger partial charge in [0.2, 0.25) is 0 Å². The van der Waals surface area contributed by atoms with Gasteiger partial charge in [-0.05, 0) is 17.9 Å². The van der Waals surface area contributed by atoms with Crippen LogP contribution in [0.15, 0.2) is 23.6 Å². The Balaban J connectivity index is 2.40. The maximum atomic E-state index is 4.18. The van der Waals surface area contributed by atoms with E-state index in [2.05, 4.69) is 39.7 Å². The lowest BCUT2D eigenvalue weighted by Crippen LogP contribution is -2.13. The highest BCUT2D eigenvalue weighted by Crippen LogP contribution is 2.22. The number of rotatable bonds is 5. The average Bonchev–Trinajstić information content (AvgIpc) is 2.20. The Kier molecular flexibility index (Phi) is 5.48. The second-order valence-electron chi connectivity index (χ2n) is 3.50. The maximum Gasteiger partial charge on any atom is 0.187 e. The van der Waals surface area contributed by atoms with Crippen molar-refractivity contribution in [1.29, 1.82) is 0 Å². The molecule has 0 aliphatic carbocycles. The van der Waals surface area contributed by atoms with Crippen molar-refractivity contribution in [2.45, 2.75) is 19.0 Å². The molecule has 1 aromatic rings. The highest BCUT2D eigenvalue weighted by molar-refractivity contribution is 9.09. The Bertz CT molecular complexity index is 254. The minimum atomic E-state index is 0.684. The molecule has 0 saturated heterocycles. The summed E-state index contributed by atoms with van der Waals surface area (Å²) < 4.78 is 0. The normalized spacial score (nSPS) is 13.1. The predicted octanol–water partition coefficient (Wildman–Crippen LogP) is 3.24. The molecule has 0 aliphatic rings. The van der Waals surface area contributed by atoms with Crippen LogP contribution in [0.3, 0.4) is 0 Å². The second-order valence-corrected chi connectivity index (χ2v) is 5.14. The van der Waals surface area contributed by atoms with Gasteiger partial charge in [0.1, 0.15) is 0 Å². The topological polar surface area (TPSA) is 25.8 Å². The predicted molar refractivity (Wildman–Crippen MR) is 64.9 cm³/mol. The van der Waals surface area contributed by atoms with Gasteiger partial charge in [-0.3, -0.25) is 0 Å². The zero-order valence-electron chi connectivity index (χ0n) is 8.48. The van der Waals surface area contributed by atoms with E-state index in [0.717, 1.165) is 16.2 Å². The van der Waals surface area contributed by atoms with Crippen LogP contribution in [0.4, 0.5) is 0 Å². The SMILES string of the molecule is CC(C)C(CBr)CSc1ncccn1. The molecule has 1 aromatic heterocycles. The van der Waals surface area contributed by atoms with E-state index in [1.54, 1.807) is 24.2 Å². The molecule has 14 heavy (non-hydrogen) atoms. The van der Waals surface area contributed by atoms with Crippen molar-refractivity contribution in [3.05, 3.63) is 18.5 Å². The van der Waals surface area contributed by atoms with Crippen molar-refractivity contribution in [2.24, 2.45) is 11.8 Å². The molecule has 0 fully saturated rings. The van der Waals surface area contributed by atoms with E-state index in [0.29, 0.717) is 11.8 Å². The quantitative estimate of drug-likeness (QED) is 0.468. The van der Waals surface area contributed by atoms with Crippen molar-refractivity contribution in [2.75, 3.05) is 11.1 Å². The molecule has 1 unspecified atom stereocenters. The van der Waals surface area contributed by atoms with Crippen molar-refractivity contribution in [3.8, 4) is 0 Å². The number of hydrogen-bond acceptors (Lipinski definition) is 3. The average molecular weight is 275 g/mol. The Labute approximate surface area is 98.1 Å². The Morgan fingerprint density at radius 1 is 1.36 bits per heavy atom. The van der Waals surface area contributed by atoms with Crippen LogP contribution >= 0.6 is 27.7 Å². The van der Waals surface area contributed by atoms with Gasteiger partial charge in [0.05, 0.1) is 0 Å². The smallest absolute Gasteiger partial charge is 0.187 e. The van der Waals surface area contributed by atoms with Gasteiger partial charge in [-0.1, -0.05) is 41.5 Å². The highest BCUT2D eigenvalue weighted by Gasteiger charge is 2.12. The number of halogens is 1. The highest BCUT2D eigenvalue weighted by atomic mass is 79.9. The zero-order valence-corrected chi connectivity index (χ0v) is 10.9. The summed E-state index contributed by atoms with van der Waals surface area (Å²) in [4.78, 5) is 8.36. The first-order valence-corrected chi connectivity index (χ1v) is 6.80. The summed E-state index contributed by atoms with van der Waals surface area (Å²) in [5, 5.41) is 1.92. The summed E-state index contributed by atoms with van der Waals surface area (Å²) in [6.07, 6.45) is 3.57. The van der Waals surface area contributed by atoms with Gasteiger partial charge in [0.25, 0.3) is 0 Å². The van der Waals surface area contributed by atoms with Crippen molar-refractivity contribution >= 4 is 27.7 Å². The molecule has 1 atom stereocenters. The molecule has 4 heteroatoms. The Hall–Kier alpha value is -0.0900. The first kappa shape index (κ1) is 12.0. The minimum absolute atomic E-state index is 0.684. The van der Waals surface area contributed by atoms with E-state index in [-0.39, 0.29) is 0 Å². The minimum Gasteiger partial charge on any atom is -0.231 e. The van der Waals surface area contributed by atoms with Crippen LogP contribution in [-0.4, -0.2) is 21.1 Å². The number of hydrogen-bond donors (Lipinski definition) is 0. The molecule has 0 bridgehead atoms. The summed E-state index contributed by atoms with van der Waals surface area (Å²) in [5.41, 5.74) is 0. The van der Waals surface area contributed by atoms with Crippen LogP contribution in [0.2, 0.25) is 0 Å². The van der Waals surface area contributed by atoms with Gasteiger partial charge < -0.3 is 0 Å². The maximum absolute atomic E-state index is 4.18. The molecule has 0 saturated carbocycles. The molecular formula is C10H15BrN2S. The van der Waals surface area contributed by atoms with Crippen LogP contribution in [0.1, 0.15) is 13.8 Å². The van der Waals surface area contributed by atoms with Gasteiger partial charge in [-0.25, -0.2) is 9.97 Å². The van der Waals surface area contributed by atoms with Crippen LogP contribution in [0.25, 0.3) is 0 Å². The molecule has 78 valence electrons. The van der Waals surface area contributed by atoms with Crippen LogP contribution < -0.4 is 0 Å². The summed E-state index contributed by atoms with van der Waals surface area (Å²) in [7, 11) is 0. The van der Waals surface area contributed by atoms with Gasteiger partial charge in [0, 0.05) is 23.5 Å². The standard InChI is InChI=1S/C10H15BrN2S/c1-8(2)9(6-11)7-14-10-12-4-3-5-13-10/h3-5,8-9H,6-7H2,1-2H3. The summed E-state index contributed by atoms with van der Waals surface area (Å²) >= 11 is 5.27. The van der Waals surface area contributed by atoms with Crippen LogP contribution in [0, 0.1) is 11.8 Å². The lowest BCUT2D eigenvalue weighted by Gasteiger charge is -2.16. The molecule has 2 nitrogen and oxygen atoms in total. The van der Waals surface area contributed by atoms with E-state index in [9.17, 15) is 0 Å². The fraction of sp³-hybridized carbons (Fsp3) is 0.600. The summed E-state index contributed by atoms with van der Waals surface area (Å²) in [6, 6.07) is 1.84. The fourth-order valence-electron chi connectivity index (χ4n) is 0.957. The van der Waals surface area contributed by atoms with Crippen molar-refractivity contribution < 1.29 is 0 Å². The molecule has 0 aliphatic heterocycles. The van der Waals surface area contributed by atoms with E-state index in [1.807, 2.05) is 6.07 Å². The number of aromatic nitrogens is 2. The Morgan fingerprint density at radius 3 is 2.50 bits per heavy atom. The summed E-state index contributed by atoms with van der Waals surface area (Å²) in [5.74, 6) is 2.46. The lowest BCUT2D eigenvalue weighted by molar-refractivity contribution is 0.474. The molecule has 0 spiro atoms. The van der Waals surface area contributed by atoms with Gasteiger partial charge in [-0.2, -0.15) is 0 Å². The molecule has 1 rings (SSSR count). The van der Waals surface area contributed by atoms with E-state index in [1.165, 1.54) is 0 Å². The molecular weight excluding hydrogens is 260 g/mol. The lowest BCUT2D eigenvalue weighted by atomic mass is 10.0. The van der Waals surface area contributed by atoms with E-state index >= 15 is 0 Å². The van der Waals surface area contributed by atoms with Gasteiger partial charge >= 0.3 is 0 Å². The second kappa shape index (κ2) is 6.40. The third-order valence-electron chi connectivity index (χ3n) is 2.11. The van der Waals surface area contributed by atoms with Crippen molar-refractivity contribution in [1.82, 2.24) is 9.97 Å². The first-order chi connectivity index (χ1) is 6.74. The van der Waals surface area contributed by atoms with Gasteiger partial charge in [-0.15, -0.1) is 0 Å². The largest absolute Gasteiger partial charge is 0.231 e. The molecule has 1 heterocycles. The Morgan fingerprint density at radius 2 is 2.00 bits per heavy atom. The first-order valence-electron chi connectivity index (χ1n) is 4.69. The third kappa shape index (κ3) is 3.96. The third-order valence-corrected chi connectivity index (χ3v) is 4.01. The molecule has 0 radical (unpaired) electrons. The molecule has 0 N–H and O–H groups in total. The fourth-order valence-corrected chi connectivity index (χ4v) is 3.37. The molecule has 0 amide bonds.